The van der Waals surface area contributed by atoms with E-state index >= 15 is 0 Å². The highest BCUT2D eigenvalue weighted by atomic mass is 16.5. The zero-order valence-electron chi connectivity index (χ0n) is 12.3. The number of methoxy groups -OCH3 is 1. The first-order valence-corrected chi connectivity index (χ1v) is 7.25. The maximum Gasteiger partial charge on any atom is 0.126 e. The van der Waals surface area contributed by atoms with Gasteiger partial charge in [0.25, 0.3) is 0 Å². The van der Waals surface area contributed by atoms with Gasteiger partial charge in [0.15, 0.2) is 0 Å². The van der Waals surface area contributed by atoms with Crippen molar-refractivity contribution >= 4 is 0 Å². The number of ether oxygens (including phenoxy) is 1. The van der Waals surface area contributed by atoms with Crippen LogP contribution in [0, 0.1) is 13.8 Å². The molecule has 1 aliphatic carbocycles. The number of rotatable bonds is 4. The highest BCUT2D eigenvalue weighted by Crippen LogP contribution is 2.25. The van der Waals surface area contributed by atoms with E-state index in [4.69, 9.17) is 10.5 Å². The molecule has 2 atom stereocenters. The summed E-state index contributed by atoms with van der Waals surface area (Å²) < 4.78 is 5.53. The van der Waals surface area contributed by atoms with Gasteiger partial charge in [0, 0.05) is 24.2 Å². The molecule has 3 N–H and O–H groups in total. The zero-order chi connectivity index (χ0) is 13.8. The average Bonchev–Trinajstić information content (AvgIpc) is 2.37. The molecule has 0 spiro atoms. The number of benzene rings is 1. The minimum atomic E-state index is 0.297. The van der Waals surface area contributed by atoms with E-state index in [1.54, 1.807) is 7.11 Å². The number of hydrogen-bond acceptors (Lipinski definition) is 3. The summed E-state index contributed by atoms with van der Waals surface area (Å²) in [6.45, 7) is 5.06. The van der Waals surface area contributed by atoms with Gasteiger partial charge in [0.2, 0.25) is 0 Å². The molecule has 1 saturated carbocycles. The molecule has 19 heavy (non-hydrogen) atoms. The summed E-state index contributed by atoms with van der Waals surface area (Å²) >= 11 is 0. The van der Waals surface area contributed by atoms with E-state index in [0.29, 0.717) is 12.1 Å². The Morgan fingerprint density at radius 1 is 1.26 bits per heavy atom. The van der Waals surface area contributed by atoms with Crippen LogP contribution in [0.5, 0.6) is 5.75 Å². The second-order valence-corrected chi connectivity index (χ2v) is 5.71. The molecule has 2 unspecified atom stereocenters. The monoisotopic (exact) mass is 262 g/mol. The molecule has 3 nitrogen and oxygen atoms in total. The Hall–Kier alpha value is -1.06. The molecule has 0 saturated heterocycles. The summed E-state index contributed by atoms with van der Waals surface area (Å²) in [4.78, 5) is 0. The maximum absolute atomic E-state index is 6.18. The van der Waals surface area contributed by atoms with Crippen LogP contribution in [0.15, 0.2) is 12.1 Å². The van der Waals surface area contributed by atoms with Crippen molar-refractivity contribution in [3.8, 4) is 5.75 Å². The maximum atomic E-state index is 6.18. The van der Waals surface area contributed by atoms with Crippen molar-refractivity contribution in [2.75, 3.05) is 7.11 Å². The third-order valence-corrected chi connectivity index (χ3v) is 4.07. The molecule has 0 radical (unpaired) electrons. The lowest BCUT2D eigenvalue weighted by Crippen LogP contribution is -2.46. The van der Waals surface area contributed by atoms with Gasteiger partial charge in [-0.25, -0.2) is 0 Å². The van der Waals surface area contributed by atoms with Crippen molar-refractivity contribution < 1.29 is 4.74 Å². The summed E-state index contributed by atoms with van der Waals surface area (Å²) in [6.07, 6.45) is 4.89. The Balaban J connectivity index is 2.06. The van der Waals surface area contributed by atoms with Crippen LogP contribution < -0.4 is 15.8 Å². The number of aryl methyl sites for hydroxylation is 2. The van der Waals surface area contributed by atoms with Crippen molar-refractivity contribution in [1.29, 1.82) is 0 Å². The molecule has 106 valence electrons. The molecule has 0 heterocycles. The number of nitrogens with one attached hydrogen (secondary N) is 1. The van der Waals surface area contributed by atoms with Crippen LogP contribution in [0.3, 0.4) is 0 Å². The van der Waals surface area contributed by atoms with E-state index in [0.717, 1.165) is 18.7 Å². The highest BCUT2D eigenvalue weighted by molar-refractivity contribution is 5.43. The van der Waals surface area contributed by atoms with Crippen LogP contribution in [0.2, 0.25) is 0 Å². The summed E-state index contributed by atoms with van der Waals surface area (Å²) in [5, 5.41) is 3.61. The van der Waals surface area contributed by atoms with Gasteiger partial charge < -0.3 is 15.8 Å². The zero-order valence-corrected chi connectivity index (χ0v) is 12.3. The summed E-state index contributed by atoms with van der Waals surface area (Å²) in [5.41, 5.74) is 9.90. The molecular weight excluding hydrogens is 236 g/mol. The van der Waals surface area contributed by atoms with Crippen molar-refractivity contribution in [2.45, 2.75) is 58.2 Å². The lowest BCUT2D eigenvalue weighted by molar-refractivity contribution is 0.323. The molecule has 1 aromatic rings. The van der Waals surface area contributed by atoms with Gasteiger partial charge >= 0.3 is 0 Å². The van der Waals surface area contributed by atoms with Crippen molar-refractivity contribution in [2.24, 2.45) is 5.73 Å². The molecule has 0 amide bonds. The first-order chi connectivity index (χ1) is 9.11. The van der Waals surface area contributed by atoms with E-state index in [2.05, 4.69) is 31.3 Å². The van der Waals surface area contributed by atoms with E-state index < -0.39 is 0 Å². The van der Waals surface area contributed by atoms with Gasteiger partial charge in [-0.3, -0.25) is 0 Å². The van der Waals surface area contributed by atoms with Gasteiger partial charge in [-0.2, -0.15) is 0 Å². The second-order valence-electron chi connectivity index (χ2n) is 5.71. The number of hydrogen-bond donors (Lipinski definition) is 2. The SMILES string of the molecule is COc1c(C)cc(C)cc1CNC1CCCCC1N. The Morgan fingerprint density at radius 3 is 2.68 bits per heavy atom. The molecule has 1 aliphatic rings. The lowest BCUT2D eigenvalue weighted by Gasteiger charge is -2.29. The van der Waals surface area contributed by atoms with E-state index in [1.807, 2.05) is 0 Å². The van der Waals surface area contributed by atoms with Crippen LogP contribution in [0.1, 0.15) is 42.4 Å². The largest absolute Gasteiger partial charge is 0.496 e. The molecule has 0 aliphatic heterocycles. The average molecular weight is 262 g/mol. The predicted octanol–water partition coefficient (Wildman–Crippen LogP) is 2.67. The van der Waals surface area contributed by atoms with Gasteiger partial charge in [-0.05, 0) is 32.3 Å². The number of nitrogens with two attached hydrogens (primary N) is 1. The summed E-state index contributed by atoms with van der Waals surface area (Å²) in [6, 6.07) is 5.10. The molecule has 0 bridgehead atoms. The fourth-order valence-electron chi connectivity index (χ4n) is 3.12. The van der Waals surface area contributed by atoms with Crippen molar-refractivity contribution in [3.63, 3.8) is 0 Å². The lowest BCUT2D eigenvalue weighted by atomic mass is 9.91. The molecule has 2 rings (SSSR count). The highest BCUT2D eigenvalue weighted by Gasteiger charge is 2.21. The van der Waals surface area contributed by atoms with Gasteiger partial charge in [0.05, 0.1) is 7.11 Å². The molecular formula is C16H26N2O. The fourth-order valence-corrected chi connectivity index (χ4v) is 3.12. The molecule has 3 heteroatoms. The Labute approximate surface area is 116 Å². The van der Waals surface area contributed by atoms with Gasteiger partial charge in [0.1, 0.15) is 5.75 Å². The van der Waals surface area contributed by atoms with E-state index in [9.17, 15) is 0 Å². The third-order valence-electron chi connectivity index (χ3n) is 4.07. The summed E-state index contributed by atoms with van der Waals surface area (Å²) in [7, 11) is 1.74. The Bertz CT molecular complexity index is 431. The van der Waals surface area contributed by atoms with E-state index in [1.165, 1.54) is 36.0 Å². The van der Waals surface area contributed by atoms with Crippen LogP contribution in [0.25, 0.3) is 0 Å². The van der Waals surface area contributed by atoms with E-state index in [-0.39, 0.29) is 0 Å². The minimum Gasteiger partial charge on any atom is -0.496 e. The normalized spacial score (nSPS) is 23.4. The topological polar surface area (TPSA) is 47.3 Å². The predicted molar refractivity (Wildman–Crippen MR) is 79.5 cm³/mol. The molecule has 1 fully saturated rings. The smallest absolute Gasteiger partial charge is 0.126 e. The van der Waals surface area contributed by atoms with Crippen molar-refractivity contribution in [1.82, 2.24) is 5.32 Å². The van der Waals surface area contributed by atoms with Gasteiger partial charge in [-0.1, -0.05) is 30.5 Å². The standard InChI is InChI=1S/C16H26N2O/c1-11-8-12(2)16(19-3)13(9-11)10-18-15-7-5-4-6-14(15)17/h8-9,14-15,18H,4-7,10,17H2,1-3H3. The summed E-state index contributed by atoms with van der Waals surface area (Å²) in [5.74, 6) is 1.00. The first-order valence-electron chi connectivity index (χ1n) is 7.25. The van der Waals surface area contributed by atoms with Gasteiger partial charge in [-0.15, -0.1) is 0 Å². The van der Waals surface area contributed by atoms with Crippen LogP contribution >= 0.6 is 0 Å². The second kappa shape index (κ2) is 6.40. The van der Waals surface area contributed by atoms with Crippen LogP contribution in [-0.4, -0.2) is 19.2 Å². The van der Waals surface area contributed by atoms with Crippen LogP contribution in [-0.2, 0) is 6.54 Å². The Kier molecular flexibility index (Phi) is 4.83. The molecule has 0 aromatic heterocycles. The third kappa shape index (κ3) is 3.48. The first kappa shape index (κ1) is 14.4. The Morgan fingerprint density at radius 2 is 2.00 bits per heavy atom. The van der Waals surface area contributed by atoms with Crippen LogP contribution in [0.4, 0.5) is 0 Å². The fraction of sp³-hybridized carbons (Fsp3) is 0.625. The minimum absolute atomic E-state index is 0.297. The quantitative estimate of drug-likeness (QED) is 0.877. The molecule has 1 aromatic carbocycles. The van der Waals surface area contributed by atoms with Crippen molar-refractivity contribution in [3.05, 3.63) is 28.8 Å².